The van der Waals surface area contributed by atoms with Crippen LogP contribution in [0, 0.1) is 6.92 Å². The highest BCUT2D eigenvalue weighted by Crippen LogP contribution is 2.25. The standard InChI is InChI=1S/C30H50N4O5/c1-7-9-11-13-21-34(28(37)24(18-19-25(31)35)33-29(38)39-30(4,5)6)26(23-16-14-22(3)15-17-23)27(36)32-20-12-10-8-2/h14-17,24,26H,7-13,18-21H2,1-6H3,(H2,31,35)(H,32,36)(H,33,38). The fraction of sp³-hybridized carbons (Fsp3) is 0.667. The van der Waals surface area contributed by atoms with Crippen molar-refractivity contribution in [2.45, 2.75) is 117 Å². The number of nitrogens with one attached hydrogen (secondary N) is 2. The van der Waals surface area contributed by atoms with Gasteiger partial charge < -0.3 is 26.0 Å². The number of alkyl carbamates (subject to hydrolysis) is 1. The van der Waals surface area contributed by atoms with Crippen molar-refractivity contribution < 1.29 is 23.9 Å². The maximum absolute atomic E-state index is 14.1. The zero-order chi connectivity index (χ0) is 29.4. The van der Waals surface area contributed by atoms with Crippen molar-refractivity contribution in [2.24, 2.45) is 5.73 Å². The molecule has 0 saturated heterocycles. The molecule has 2 atom stereocenters. The molecule has 9 nitrogen and oxygen atoms in total. The van der Waals surface area contributed by atoms with Crippen molar-refractivity contribution in [1.82, 2.24) is 15.5 Å². The molecule has 1 aromatic carbocycles. The number of unbranched alkanes of at least 4 members (excludes halogenated alkanes) is 5. The van der Waals surface area contributed by atoms with Gasteiger partial charge in [0.25, 0.3) is 0 Å². The molecule has 9 heteroatoms. The van der Waals surface area contributed by atoms with Crippen LogP contribution in [0.15, 0.2) is 24.3 Å². The molecule has 4 N–H and O–H groups in total. The van der Waals surface area contributed by atoms with Crippen molar-refractivity contribution in [2.75, 3.05) is 13.1 Å². The maximum atomic E-state index is 14.1. The zero-order valence-electron chi connectivity index (χ0n) is 24.8. The second kappa shape index (κ2) is 17.5. The lowest BCUT2D eigenvalue weighted by Crippen LogP contribution is -2.53. The van der Waals surface area contributed by atoms with Crippen LogP contribution in [0.25, 0.3) is 0 Å². The van der Waals surface area contributed by atoms with Gasteiger partial charge in [-0.05, 0) is 52.5 Å². The van der Waals surface area contributed by atoms with Crippen LogP contribution in [0.2, 0.25) is 0 Å². The van der Waals surface area contributed by atoms with Gasteiger partial charge in [-0.3, -0.25) is 14.4 Å². The number of hydrogen-bond donors (Lipinski definition) is 3. The van der Waals surface area contributed by atoms with E-state index in [1.807, 2.05) is 31.2 Å². The molecule has 0 bridgehead atoms. The summed E-state index contributed by atoms with van der Waals surface area (Å²) in [6.45, 7) is 12.2. The summed E-state index contributed by atoms with van der Waals surface area (Å²) in [5.41, 5.74) is 6.33. The molecule has 2 unspecified atom stereocenters. The summed E-state index contributed by atoms with van der Waals surface area (Å²) >= 11 is 0. The monoisotopic (exact) mass is 546 g/mol. The van der Waals surface area contributed by atoms with Crippen molar-refractivity contribution in [3.63, 3.8) is 0 Å². The first-order chi connectivity index (χ1) is 18.4. The molecule has 0 fully saturated rings. The molecule has 0 spiro atoms. The number of benzene rings is 1. The number of amides is 4. The van der Waals surface area contributed by atoms with Crippen molar-refractivity contribution in [1.29, 1.82) is 0 Å². The Kier molecular flexibility index (Phi) is 15.2. The van der Waals surface area contributed by atoms with Gasteiger partial charge in [-0.1, -0.05) is 75.8 Å². The van der Waals surface area contributed by atoms with E-state index < -0.39 is 35.6 Å². The van der Waals surface area contributed by atoms with E-state index in [9.17, 15) is 19.2 Å². The molecule has 4 amide bonds. The van der Waals surface area contributed by atoms with Crippen LogP contribution in [0.5, 0.6) is 0 Å². The first-order valence-corrected chi connectivity index (χ1v) is 14.3. The van der Waals surface area contributed by atoms with Crippen molar-refractivity contribution in [3.05, 3.63) is 35.4 Å². The lowest BCUT2D eigenvalue weighted by Gasteiger charge is -2.34. The first kappa shape index (κ1) is 33.9. The predicted molar refractivity (Wildman–Crippen MR) is 154 cm³/mol. The number of carbonyl (C=O) groups is 4. The molecule has 1 rings (SSSR count). The average molecular weight is 547 g/mol. The minimum Gasteiger partial charge on any atom is -0.444 e. The van der Waals surface area contributed by atoms with Crippen LogP contribution < -0.4 is 16.4 Å². The number of nitrogens with zero attached hydrogens (tertiary/aromatic N) is 1. The van der Waals surface area contributed by atoms with Gasteiger partial charge in [0.15, 0.2) is 0 Å². The Hall–Kier alpha value is -3.10. The van der Waals surface area contributed by atoms with Crippen LogP contribution in [-0.4, -0.2) is 53.4 Å². The molecule has 39 heavy (non-hydrogen) atoms. The summed E-state index contributed by atoms with van der Waals surface area (Å²) in [6, 6.07) is 5.57. The van der Waals surface area contributed by atoms with Gasteiger partial charge in [-0.15, -0.1) is 0 Å². The number of carbonyl (C=O) groups excluding carboxylic acids is 4. The number of aryl methyl sites for hydroxylation is 1. The summed E-state index contributed by atoms with van der Waals surface area (Å²) in [5.74, 6) is -1.31. The van der Waals surface area contributed by atoms with Crippen molar-refractivity contribution >= 4 is 23.8 Å². The summed E-state index contributed by atoms with van der Waals surface area (Å²) in [7, 11) is 0. The second-order valence-corrected chi connectivity index (χ2v) is 11.1. The van der Waals surface area contributed by atoms with Crippen LogP contribution in [0.1, 0.15) is 110 Å². The molecule has 220 valence electrons. The van der Waals surface area contributed by atoms with Crippen LogP contribution in [0.4, 0.5) is 4.79 Å². The Morgan fingerprint density at radius 3 is 2.13 bits per heavy atom. The number of hydrogen-bond acceptors (Lipinski definition) is 5. The Labute approximate surface area is 234 Å². The van der Waals surface area contributed by atoms with E-state index in [1.54, 1.807) is 25.7 Å². The second-order valence-electron chi connectivity index (χ2n) is 11.1. The highest BCUT2D eigenvalue weighted by Gasteiger charge is 2.36. The molecular weight excluding hydrogens is 496 g/mol. The molecule has 0 aromatic heterocycles. The third-order valence-corrected chi connectivity index (χ3v) is 6.24. The predicted octanol–water partition coefficient (Wildman–Crippen LogP) is 4.91. The van der Waals surface area contributed by atoms with E-state index in [0.29, 0.717) is 25.1 Å². The number of rotatable bonds is 17. The van der Waals surface area contributed by atoms with Crippen molar-refractivity contribution in [3.8, 4) is 0 Å². The summed E-state index contributed by atoms with van der Waals surface area (Å²) in [5, 5.41) is 5.64. The molecule has 0 aliphatic heterocycles. The third-order valence-electron chi connectivity index (χ3n) is 6.24. The molecule has 0 radical (unpaired) electrons. The number of primary amides is 1. The van der Waals surface area contributed by atoms with Crippen LogP contribution in [0.3, 0.4) is 0 Å². The topological polar surface area (TPSA) is 131 Å². The van der Waals surface area contributed by atoms with E-state index in [0.717, 1.165) is 44.1 Å². The lowest BCUT2D eigenvalue weighted by atomic mass is 9.99. The third kappa shape index (κ3) is 13.5. The molecule has 0 aliphatic carbocycles. The summed E-state index contributed by atoms with van der Waals surface area (Å²) in [4.78, 5) is 53.5. The fourth-order valence-corrected chi connectivity index (χ4v) is 4.17. The van der Waals surface area contributed by atoms with E-state index >= 15 is 0 Å². The summed E-state index contributed by atoms with van der Waals surface area (Å²) < 4.78 is 5.38. The van der Waals surface area contributed by atoms with Gasteiger partial charge in [0, 0.05) is 19.5 Å². The highest BCUT2D eigenvalue weighted by molar-refractivity contribution is 5.92. The quantitative estimate of drug-likeness (QED) is 0.239. The van der Waals surface area contributed by atoms with E-state index in [2.05, 4.69) is 24.5 Å². The van der Waals surface area contributed by atoms with E-state index in [-0.39, 0.29) is 18.7 Å². The molecule has 0 saturated carbocycles. The minimum atomic E-state index is -1.08. The van der Waals surface area contributed by atoms with Gasteiger partial charge in [0.05, 0.1) is 0 Å². The Morgan fingerprint density at radius 2 is 1.56 bits per heavy atom. The number of ether oxygens (including phenoxy) is 1. The molecular formula is C30H50N4O5. The molecule has 1 aromatic rings. The summed E-state index contributed by atoms with van der Waals surface area (Å²) in [6.07, 6.45) is 5.59. The SMILES string of the molecule is CCCCCCN(C(=O)C(CCC(N)=O)NC(=O)OC(C)(C)C)C(C(=O)NCCCCC)c1ccc(C)cc1. The van der Waals surface area contributed by atoms with Gasteiger partial charge in [0.2, 0.25) is 17.7 Å². The minimum absolute atomic E-state index is 0.00237. The Balaban J connectivity index is 3.43. The Bertz CT molecular complexity index is 911. The van der Waals surface area contributed by atoms with Gasteiger partial charge in [-0.25, -0.2) is 4.79 Å². The number of nitrogens with two attached hydrogens (primary N) is 1. The molecule has 0 aliphatic rings. The fourth-order valence-electron chi connectivity index (χ4n) is 4.17. The first-order valence-electron chi connectivity index (χ1n) is 14.3. The zero-order valence-corrected chi connectivity index (χ0v) is 24.8. The Morgan fingerprint density at radius 1 is 0.949 bits per heavy atom. The van der Waals surface area contributed by atoms with Crippen LogP contribution >= 0.6 is 0 Å². The van der Waals surface area contributed by atoms with E-state index in [1.165, 1.54) is 0 Å². The maximum Gasteiger partial charge on any atom is 0.408 e. The highest BCUT2D eigenvalue weighted by atomic mass is 16.6. The van der Waals surface area contributed by atoms with E-state index in [4.69, 9.17) is 10.5 Å². The van der Waals surface area contributed by atoms with Gasteiger partial charge in [0.1, 0.15) is 17.7 Å². The van der Waals surface area contributed by atoms with Crippen LogP contribution in [-0.2, 0) is 19.1 Å². The van der Waals surface area contributed by atoms with Gasteiger partial charge in [-0.2, -0.15) is 0 Å². The van der Waals surface area contributed by atoms with Gasteiger partial charge >= 0.3 is 6.09 Å². The smallest absolute Gasteiger partial charge is 0.408 e. The normalized spacial score (nSPS) is 12.8. The molecule has 0 heterocycles. The largest absolute Gasteiger partial charge is 0.444 e. The lowest BCUT2D eigenvalue weighted by molar-refractivity contribution is -0.142. The average Bonchev–Trinajstić information content (AvgIpc) is 2.85.